The number of rotatable bonds is 0. The average molecular weight is 164 g/mol. The predicted octanol–water partition coefficient (Wildman–Crippen LogP) is 1.74. The zero-order chi connectivity index (χ0) is 7.82. The molecule has 4 N–H and O–H groups in total. The summed E-state index contributed by atoms with van der Waals surface area (Å²) >= 11 is 0. The molecular formula is C7H16O4. The second-order valence-electron chi connectivity index (χ2n) is 2.40. The molecule has 0 saturated heterocycles. The van der Waals surface area contributed by atoms with Crippen LogP contribution in [0.2, 0.25) is 0 Å². The third-order valence-electron chi connectivity index (χ3n) is 1.50. The molecule has 0 radical (unpaired) electrons. The topological polar surface area (TPSA) is 89.0 Å². The smallest absolute Gasteiger partial charge is 0.450 e. The van der Waals surface area contributed by atoms with E-state index in [9.17, 15) is 0 Å². The van der Waals surface area contributed by atoms with Gasteiger partial charge in [-0.25, -0.2) is 4.79 Å². The Hall–Kier alpha value is -0.770. The van der Waals surface area contributed by atoms with E-state index in [0.29, 0.717) is 0 Å². The van der Waals surface area contributed by atoms with Gasteiger partial charge in [0.1, 0.15) is 0 Å². The summed E-state index contributed by atoms with van der Waals surface area (Å²) in [5.74, 6) is 0. The van der Waals surface area contributed by atoms with E-state index >= 15 is 0 Å². The highest BCUT2D eigenvalue weighted by atomic mass is 16.6. The first kappa shape index (κ1) is 12.9. The zero-order valence-corrected chi connectivity index (χ0v) is 6.55. The van der Waals surface area contributed by atoms with Crippen LogP contribution >= 0.6 is 0 Å². The monoisotopic (exact) mass is 164 g/mol. The van der Waals surface area contributed by atoms with Crippen molar-refractivity contribution in [3.05, 3.63) is 0 Å². The Morgan fingerprint density at radius 1 is 0.818 bits per heavy atom. The van der Waals surface area contributed by atoms with Crippen molar-refractivity contribution in [2.24, 2.45) is 0 Å². The van der Waals surface area contributed by atoms with Gasteiger partial charge in [-0.05, 0) is 0 Å². The molecule has 11 heavy (non-hydrogen) atoms. The fraction of sp³-hybridized carbons (Fsp3) is 0.857. The van der Waals surface area contributed by atoms with Crippen molar-refractivity contribution >= 4 is 6.16 Å². The molecule has 0 atom stereocenters. The summed E-state index contributed by atoms with van der Waals surface area (Å²) < 4.78 is 0. The van der Waals surface area contributed by atoms with Gasteiger partial charge >= 0.3 is 6.16 Å². The molecule has 0 spiro atoms. The minimum atomic E-state index is -1.83. The van der Waals surface area contributed by atoms with Gasteiger partial charge in [-0.15, -0.1) is 0 Å². The molecule has 1 aliphatic rings. The van der Waals surface area contributed by atoms with Crippen molar-refractivity contribution in [1.29, 1.82) is 0 Å². The van der Waals surface area contributed by atoms with Gasteiger partial charge in [-0.3, -0.25) is 0 Å². The lowest BCUT2D eigenvalue weighted by Gasteiger charge is -2.05. The molecule has 4 nitrogen and oxygen atoms in total. The summed E-state index contributed by atoms with van der Waals surface area (Å²) in [6.45, 7) is 0. The van der Waals surface area contributed by atoms with Crippen LogP contribution in [-0.4, -0.2) is 21.8 Å². The lowest BCUT2D eigenvalue weighted by atomic mass is 10.0. The predicted molar refractivity (Wildman–Crippen MR) is 42.0 cm³/mol. The van der Waals surface area contributed by atoms with Crippen LogP contribution < -0.4 is 0 Å². The molecular weight excluding hydrogens is 148 g/mol. The summed E-state index contributed by atoms with van der Waals surface area (Å²) in [6.07, 6.45) is 7.17. The second kappa shape index (κ2) is 9.23. The van der Waals surface area contributed by atoms with E-state index in [2.05, 4.69) is 0 Å². The summed E-state index contributed by atoms with van der Waals surface area (Å²) in [6, 6.07) is 0. The minimum Gasteiger partial charge on any atom is -0.450 e. The molecule has 4 heteroatoms. The van der Waals surface area contributed by atoms with Crippen LogP contribution in [0.4, 0.5) is 4.79 Å². The van der Waals surface area contributed by atoms with Gasteiger partial charge in [0.15, 0.2) is 0 Å². The van der Waals surface area contributed by atoms with E-state index in [1.165, 1.54) is 38.5 Å². The molecule has 0 amide bonds. The SMILES string of the molecule is C1CCCCC1.O.O=C(O)O. The summed E-state index contributed by atoms with van der Waals surface area (Å²) in [7, 11) is 0. The molecule has 1 fully saturated rings. The molecule has 0 aromatic heterocycles. The van der Waals surface area contributed by atoms with Gasteiger partial charge in [0.25, 0.3) is 0 Å². The quantitative estimate of drug-likeness (QED) is 0.571. The maximum Gasteiger partial charge on any atom is 0.503 e. The van der Waals surface area contributed by atoms with Crippen LogP contribution in [0.3, 0.4) is 0 Å². The normalized spacial score (nSPS) is 15.3. The van der Waals surface area contributed by atoms with Crippen LogP contribution in [0, 0.1) is 0 Å². The first-order chi connectivity index (χ1) is 4.73. The van der Waals surface area contributed by atoms with E-state index in [-0.39, 0.29) is 5.48 Å². The van der Waals surface area contributed by atoms with Crippen molar-refractivity contribution in [3.63, 3.8) is 0 Å². The standard InChI is InChI=1S/C6H12.CH2O3.H2O/c1-2-4-6-5-3-1;2-1(3)4;/h1-6H2;(H2,2,3,4);1H2. The van der Waals surface area contributed by atoms with Crippen molar-refractivity contribution < 1.29 is 20.5 Å². The minimum absolute atomic E-state index is 0. The molecule has 0 aliphatic heterocycles. The second-order valence-corrected chi connectivity index (χ2v) is 2.40. The lowest BCUT2D eigenvalue weighted by molar-refractivity contribution is 0.137. The third kappa shape index (κ3) is 17.6. The van der Waals surface area contributed by atoms with Crippen LogP contribution in [0.5, 0.6) is 0 Å². The Bertz CT molecular complexity index is 72.9. The Labute approximate surface area is 66.2 Å². The Morgan fingerprint density at radius 3 is 1.00 bits per heavy atom. The largest absolute Gasteiger partial charge is 0.503 e. The van der Waals surface area contributed by atoms with Gasteiger partial charge in [0.05, 0.1) is 0 Å². The molecule has 1 aliphatic carbocycles. The van der Waals surface area contributed by atoms with E-state index < -0.39 is 6.16 Å². The van der Waals surface area contributed by atoms with Gasteiger partial charge < -0.3 is 15.7 Å². The van der Waals surface area contributed by atoms with Gasteiger partial charge in [0.2, 0.25) is 0 Å². The summed E-state index contributed by atoms with van der Waals surface area (Å²) in [5.41, 5.74) is 0. The van der Waals surface area contributed by atoms with Gasteiger partial charge in [0, 0.05) is 0 Å². The number of carbonyl (C=O) groups is 1. The highest BCUT2D eigenvalue weighted by molar-refractivity contribution is 5.53. The fourth-order valence-corrected chi connectivity index (χ4v) is 1.06. The zero-order valence-electron chi connectivity index (χ0n) is 6.55. The average Bonchev–Trinajstić information content (AvgIpc) is 1.90. The fourth-order valence-electron chi connectivity index (χ4n) is 1.06. The first-order valence-electron chi connectivity index (χ1n) is 3.65. The Balaban J connectivity index is 0. The lowest BCUT2D eigenvalue weighted by Crippen LogP contribution is -1.85. The summed E-state index contributed by atoms with van der Waals surface area (Å²) in [4.78, 5) is 8.56. The molecule has 0 aromatic carbocycles. The first-order valence-corrected chi connectivity index (χ1v) is 3.65. The van der Waals surface area contributed by atoms with Crippen LogP contribution in [0.15, 0.2) is 0 Å². The Kier molecular flexibility index (Phi) is 10.8. The summed E-state index contributed by atoms with van der Waals surface area (Å²) in [5, 5.41) is 13.9. The van der Waals surface area contributed by atoms with E-state index in [1.807, 2.05) is 0 Å². The van der Waals surface area contributed by atoms with Crippen molar-refractivity contribution in [2.45, 2.75) is 38.5 Å². The van der Waals surface area contributed by atoms with Gasteiger partial charge in [-0.2, -0.15) is 0 Å². The van der Waals surface area contributed by atoms with E-state index in [1.54, 1.807) is 0 Å². The Morgan fingerprint density at radius 2 is 0.909 bits per heavy atom. The number of hydrogen-bond acceptors (Lipinski definition) is 1. The van der Waals surface area contributed by atoms with Crippen LogP contribution in [0.1, 0.15) is 38.5 Å². The maximum absolute atomic E-state index is 8.56. The molecule has 1 saturated carbocycles. The molecule has 68 valence electrons. The molecule has 0 aromatic rings. The molecule has 1 rings (SSSR count). The highest BCUT2D eigenvalue weighted by Crippen LogP contribution is 2.15. The van der Waals surface area contributed by atoms with E-state index in [4.69, 9.17) is 15.0 Å². The number of carboxylic acid groups (broad SMARTS) is 2. The van der Waals surface area contributed by atoms with Gasteiger partial charge in [-0.1, -0.05) is 38.5 Å². The van der Waals surface area contributed by atoms with Crippen molar-refractivity contribution in [2.75, 3.05) is 0 Å². The van der Waals surface area contributed by atoms with Crippen LogP contribution in [-0.2, 0) is 0 Å². The molecule has 0 bridgehead atoms. The van der Waals surface area contributed by atoms with Crippen LogP contribution in [0.25, 0.3) is 0 Å². The molecule has 0 heterocycles. The maximum atomic E-state index is 8.56. The van der Waals surface area contributed by atoms with E-state index in [0.717, 1.165) is 0 Å². The number of hydrogen-bond donors (Lipinski definition) is 2. The molecule has 0 unspecified atom stereocenters. The van der Waals surface area contributed by atoms with Crippen molar-refractivity contribution in [1.82, 2.24) is 0 Å². The van der Waals surface area contributed by atoms with Crippen molar-refractivity contribution in [3.8, 4) is 0 Å². The third-order valence-corrected chi connectivity index (χ3v) is 1.50. The highest BCUT2D eigenvalue weighted by Gasteiger charge is 1.95.